The lowest BCUT2D eigenvalue weighted by Gasteiger charge is -2.26. The van der Waals surface area contributed by atoms with Crippen LogP contribution in [0.2, 0.25) is 0 Å². The van der Waals surface area contributed by atoms with Gasteiger partial charge in [0.1, 0.15) is 22.9 Å². The van der Waals surface area contributed by atoms with Crippen molar-refractivity contribution in [3.63, 3.8) is 0 Å². The Balaban J connectivity index is 1.64. The summed E-state index contributed by atoms with van der Waals surface area (Å²) in [6.07, 6.45) is 10.1. The van der Waals surface area contributed by atoms with Crippen molar-refractivity contribution >= 4 is 22.2 Å². The Hall–Kier alpha value is -2.99. The number of nitrogens with two attached hydrogens (primary N) is 2. The van der Waals surface area contributed by atoms with Gasteiger partial charge in [0.15, 0.2) is 0 Å². The van der Waals surface area contributed by atoms with E-state index >= 15 is 0 Å². The topological polar surface area (TPSA) is 95.1 Å². The normalized spacial score (nSPS) is 20.0. The number of hydrogen-bond donors (Lipinski definition) is 2. The Morgan fingerprint density at radius 1 is 1.04 bits per heavy atom. The molecule has 142 valence electrons. The number of nitrogens with zero attached hydrogens (tertiary/aromatic N) is 4. The van der Waals surface area contributed by atoms with Gasteiger partial charge in [-0.15, -0.1) is 0 Å². The molecule has 0 saturated heterocycles. The van der Waals surface area contributed by atoms with Gasteiger partial charge in [0.05, 0.1) is 5.52 Å². The van der Waals surface area contributed by atoms with Gasteiger partial charge in [-0.25, -0.2) is 9.97 Å². The first-order valence-corrected chi connectivity index (χ1v) is 9.92. The molecule has 4 N–H and O–H groups in total. The summed E-state index contributed by atoms with van der Waals surface area (Å²) in [6.45, 7) is 0.779. The molecular weight excluding hydrogens is 348 g/mol. The predicted molar refractivity (Wildman–Crippen MR) is 112 cm³/mol. The van der Waals surface area contributed by atoms with Crippen LogP contribution in [0.25, 0.3) is 27.7 Å². The van der Waals surface area contributed by atoms with Crippen molar-refractivity contribution < 1.29 is 0 Å². The van der Waals surface area contributed by atoms with Crippen LogP contribution in [0.3, 0.4) is 0 Å². The molecule has 1 fully saturated rings. The Bertz CT molecular complexity index is 1140. The average molecular weight is 372 g/mol. The molecular formula is C22H24N6. The second kappa shape index (κ2) is 6.87. The van der Waals surface area contributed by atoms with Crippen LogP contribution in [0.4, 0.5) is 5.82 Å². The van der Waals surface area contributed by atoms with Crippen LogP contribution in [0.1, 0.15) is 37.4 Å². The molecule has 0 amide bonds. The van der Waals surface area contributed by atoms with E-state index < -0.39 is 0 Å². The van der Waals surface area contributed by atoms with Gasteiger partial charge in [-0.3, -0.25) is 9.38 Å². The zero-order valence-corrected chi connectivity index (χ0v) is 15.8. The molecule has 0 spiro atoms. The van der Waals surface area contributed by atoms with Gasteiger partial charge in [0.2, 0.25) is 0 Å². The van der Waals surface area contributed by atoms with Gasteiger partial charge in [0.25, 0.3) is 0 Å². The Morgan fingerprint density at radius 2 is 1.89 bits per heavy atom. The van der Waals surface area contributed by atoms with Crippen LogP contribution in [0.5, 0.6) is 0 Å². The summed E-state index contributed by atoms with van der Waals surface area (Å²) < 4.78 is 2.13. The van der Waals surface area contributed by atoms with E-state index in [4.69, 9.17) is 16.5 Å². The number of fused-ring (bicyclic) bond motifs is 2. The van der Waals surface area contributed by atoms with Gasteiger partial charge in [-0.2, -0.15) is 0 Å². The summed E-state index contributed by atoms with van der Waals surface area (Å²) in [5.41, 5.74) is 15.9. The zero-order valence-electron chi connectivity index (χ0n) is 15.8. The van der Waals surface area contributed by atoms with Gasteiger partial charge in [-0.05, 0) is 50.3 Å². The van der Waals surface area contributed by atoms with Crippen molar-refractivity contribution in [1.29, 1.82) is 0 Å². The van der Waals surface area contributed by atoms with Crippen LogP contribution >= 0.6 is 0 Å². The molecule has 6 nitrogen and oxygen atoms in total. The van der Waals surface area contributed by atoms with E-state index in [0.29, 0.717) is 17.7 Å². The molecule has 6 heteroatoms. The van der Waals surface area contributed by atoms with Gasteiger partial charge in [-0.1, -0.05) is 18.2 Å². The number of nitrogen functional groups attached to an aromatic ring is 1. The van der Waals surface area contributed by atoms with E-state index in [-0.39, 0.29) is 0 Å². The lowest BCUT2D eigenvalue weighted by Crippen LogP contribution is -2.21. The van der Waals surface area contributed by atoms with Crippen molar-refractivity contribution in [2.24, 2.45) is 11.7 Å². The van der Waals surface area contributed by atoms with Crippen molar-refractivity contribution in [2.45, 2.75) is 31.6 Å². The monoisotopic (exact) mass is 372 g/mol. The van der Waals surface area contributed by atoms with E-state index in [1.54, 1.807) is 6.20 Å². The average Bonchev–Trinajstić information content (AvgIpc) is 3.14. The summed E-state index contributed by atoms with van der Waals surface area (Å²) in [4.78, 5) is 13.9. The van der Waals surface area contributed by atoms with Crippen molar-refractivity contribution in [3.8, 4) is 11.3 Å². The van der Waals surface area contributed by atoms with Gasteiger partial charge in [0, 0.05) is 35.5 Å². The third-order valence-electron chi connectivity index (χ3n) is 6.03. The molecule has 28 heavy (non-hydrogen) atoms. The highest BCUT2D eigenvalue weighted by Gasteiger charge is 2.27. The van der Waals surface area contributed by atoms with Crippen LogP contribution in [-0.2, 0) is 0 Å². The first-order valence-electron chi connectivity index (χ1n) is 9.92. The summed E-state index contributed by atoms with van der Waals surface area (Å²) in [7, 11) is 0. The molecule has 0 radical (unpaired) electrons. The first kappa shape index (κ1) is 17.1. The molecule has 4 aromatic rings. The van der Waals surface area contributed by atoms with E-state index in [2.05, 4.69) is 38.6 Å². The number of imidazole rings is 1. The molecule has 0 unspecified atom stereocenters. The maximum absolute atomic E-state index is 6.29. The largest absolute Gasteiger partial charge is 0.382 e. The molecule has 1 saturated carbocycles. The number of rotatable bonds is 3. The number of anilines is 1. The van der Waals surface area contributed by atoms with Crippen LogP contribution in [0, 0.1) is 5.92 Å². The quantitative estimate of drug-likeness (QED) is 0.571. The van der Waals surface area contributed by atoms with Crippen molar-refractivity contribution in [1.82, 2.24) is 19.4 Å². The summed E-state index contributed by atoms with van der Waals surface area (Å²) >= 11 is 0. The molecule has 1 aromatic carbocycles. The fourth-order valence-corrected chi connectivity index (χ4v) is 4.45. The predicted octanol–water partition coefficient (Wildman–Crippen LogP) is 3.76. The smallest absolute Gasteiger partial charge is 0.150 e. The van der Waals surface area contributed by atoms with Crippen LogP contribution < -0.4 is 11.5 Å². The molecule has 3 heterocycles. The minimum Gasteiger partial charge on any atom is -0.382 e. The van der Waals surface area contributed by atoms with Crippen molar-refractivity contribution in [3.05, 3.63) is 54.7 Å². The summed E-state index contributed by atoms with van der Waals surface area (Å²) in [5.74, 6) is 2.65. The second-order valence-corrected chi connectivity index (χ2v) is 7.71. The van der Waals surface area contributed by atoms with Gasteiger partial charge < -0.3 is 11.5 Å². The molecule has 1 aliphatic carbocycles. The molecule has 3 aromatic heterocycles. The lowest BCUT2D eigenvalue weighted by molar-refractivity contribution is 0.325. The Labute approximate surface area is 163 Å². The van der Waals surface area contributed by atoms with E-state index in [0.717, 1.165) is 65.7 Å². The first-order chi connectivity index (χ1) is 13.7. The molecule has 0 bridgehead atoms. The SMILES string of the molecule is NCC1CCC(c2nc(-c3ccc4cccnc4c3)c3c(N)nccn23)CC1. The van der Waals surface area contributed by atoms with Crippen LogP contribution in [-0.4, -0.2) is 25.9 Å². The Kier molecular flexibility index (Phi) is 4.20. The van der Waals surface area contributed by atoms with E-state index in [9.17, 15) is 0 Å². The maximum atomic E-state index is 6.29. The minimum atomic E-state index is 0.421. The lowest BCUT2D eigenvalue weighted by atomic mass is 9.81. The molecule has 5 rings (SSSR count). The second-order valence-electron chi connectivity index (χ2n) is 7.71. The number of pyridine rings is 1. The van der Waals surface area contributed by atoms with Crippen LogP contribution in [0.15, 0.2) is 48.9 Å². The summed E-state index contributed by atoms with van der Waals surface area (Å²) in [6, 6.07) is 10.3. The molecule has 0 atom stereocenters. The number of benzene rings is 1. The van der Waals surface area contributed by atoms with E-state index in [1.165, 1.54) is 0 Å². The summed E-state index contributed by atoms with van der Waals surface area (Å²) in [5, 5.41) is 1.11. The molecule has 1 aliphatic rings. The van der Waals surface area contributed by atoms with Gasteiger partial charge >= 0.3 is 0 Å². The highest BCUT2D eigenvalue weighted by molar-refractivity contribution is 5.90. The standard InChI is InChI=1S/C22H24N6/c23-13-14-3-5-16(6-4-14)22-27-19(20-21(24)26-10-11-28(20)22)17-8-7-15-2-1-9-25-18(15)12-17/h1-2,7-12,14,16H,3-6,13,23H2,(H2,24,26). The number of aromatic nitrogens is 4. The van der Waals surface area contributed by atoms with Crippen molar-refractivity contribution in [2.75, 3.05) is 12.3 Å². The minimum absolute atomic E-state index is 0.421. The highest BCUT2D eigenvalue weighted by atomic mass is 15.1. The fraction of sp³-hybridized carbons (Fsp3) is 0.318. The zero-order chi connectivity index (χ0) is 19.1. The maximum Gasteiger partial charge on any atom is 0.150 e. The highest BCUT2D eigenvalue weighted by Crippen LogP contribution is 2.38. The van der Waals surface area contributed by atoms with E-state index in [1.807, 2.05) is 18.5 Å². The molecule has 0 aliphatic heterocycles. The third-order valence-corrected chi connectivity index (χ3v) is 6.03. The fourth-order valence-electron chi connectivity index (χ4n) is 4.45. The number of hydrogen-bond acceptors (Lipinski definition) is 5. The Morgan fingerprint density at radius 3 is 2.71 bits per heavy atom. The third kappa shape index (κ3) is 2.81.